The molecule has 0 atom stereocenters. The van der Waals surface area contributed by atoms with E-state index < -0.39 is 23.8 Å². The van der Waals surface area contributed by atoms with Gasteiger partial charge >= 0.3 is 6.03 Å². The van der Waals surface area contributed by atoms with E-state index in [0.29, 0.717) is 0 Å². The van der Waals surface area contributed by atoms with E-state index in [0.717, 1.165) is 11.3 Å². The lowest BCUT2D eigenvalue weighted by molar-refractivity contribution is -0.135. The van der Waals surface area contributed by atoms with Crippen LogP contribution in [0.3, 0.4) is 0 Å². The minimum absolute atomic E-state index is 0.250. The lowest BCUT2D eigenvalue weighted by Gasteiger charge is -2.19. The summed E-state index contributed by atoms with van der Waals surface area (Å²) >= 11 is 0. The van der Waals surface area contributed by atoms with Crippen molar-refractivity contribution in [1.29, 1.82) is 0 Å². The predicted molar refractivity (Wildman–Crippen MR) is 79.6 cm³/mol. The maximum Gasteiger partial charge on any atom is 0.328 e. The normalized spacial score (nSPS) is 16.0. The van der Waals surface area contributed by atoms with Gasteiger partial charge in [-0.15, -0.1) is 0 Å². The second-order valence-corrected chi connectivity index (χ2v) is 4.98. The van der Waals surface area contributed by atoms with E-state index in [9.17, 15) is 14.4 Å². The third-order valence-electron chi connectivity index (χ3n) is 3.20. The van der Waals surface area contributed by atoms with Crippen LogP contribution in [0.4, 0.5) is 10.5 Å². The molecular weight excluding hydrogens is 270 g/mol. The summed E-state index contributed by atoms with van der Waals surface area (Å²) in [5, 5.41) is 4.16. The maximum absolute atomic E-state index is 11.5. The third-order valence-corrected chi connectivity index (χ3v) is 3.20. The Bertz CT molecular complexity index is 571. The fraction of sp³-hybridized carbons (Fsp3) is 0.267. The van der Waals surface area contributed by atoms with Gasteiger partial charge in [0, 0.05) is 19.8 Å². The quantitative estimate of drug-likeness (QED) is 0.814. The smallest absolute Gasteiger partial charge is 0.328 e. The number of barbiturate groups is 1. The molecule has 1 aliphatic heterocycles. The number of carbonyl (C=O) groups is 3. The topological polar surface area (TPSA) is 78.5 Å². The molecular formula is C15H17N3O3. The Morgan fingerprint density at radius 3 is 2.14 bits per heavy atom. The number of carbonyl (C=O) groups excluding carboxylic acids is 3. The number of allylic oxidation sites excluding steroid dienone is 1. The summed E-state index contributed by atoms with van der Waals surface area (Å²) in [4.78, 5) is 36.0. The van der Waals surface area contributed by atoms with Crippen LogP contribution in [-0.2, 0) is 9.59 Å². The molecule has 1 aliphatic rings. The summed E-state index contributed by atoms with van der Waals surface area (Å²) in [6, 6.07) is 7.12. The van der Waals surface area contributed by atoms with Crippen molar-refractivity contribution in [2.45, 2.75) is 6.42 Å². The predicted octanol–water partition coefficient (Wildman–Crippen LogP) is 1.14. The number of nitrogens with one attached hydrogen (secondary N) is 2. The van der Waals surface area contributed by atoms with Gasteiger partial charge in [-0.1, -0.05) is 24.3 Å². The van der Waals surface area contributed by atoms with E-state index in [1.807, 2.05) is 49.3 Å². The molecule has 1 aromatic carbocycles. The molecule has 4 amide bonds. The van der Waals surface area contributed by atoms with E-state index in [-0.39, 0.29) is 6.42 Å². The van der Waals surface area contributed by atoms with E-state index in [2.05, 4.69) is 10.6 Å². The van der Waals surface area contributed by atoms with Gasteiger partial charge in [-0.25, -0.2) is 4.79 Å². The summed E-state index contributed by atoms with van der Waals surface area (Å²) in [6.45, 7) is 0. The van der Waals surface area contributed by atoms with Crippen molar-refractivity contribution in [2.24, 2.45) is 5.92 Å². The van der Waals surface area contributed by atoms with Crippen molar-refractivity contribution < 1.29 is 14.4 Å². The van der Waals surface area contributed by atoms with Crippen LogP contribution in [0.15, 0.2) is 30.3 Å². The van der Waals surface area contributed by atoms with Crippen LogP contribution in [-0.4, -0.2) is 31.9 Å². The maximum atomic E-state index is 11.5. The number of rotatable bonds is 4. The van der Waals surface area contributed by atoms with Gasteiger partial charge < -0.3 is 4.90 Å². The van der Waals surface area contributed by atoms with Crippen molar-refractivity contribution in [3.63, 3.8) is 0 Å². The molecule has 1 saturated heterocycles. The number of anilines is 1. The Labute approximate surface area is 122 Å². The molecule has 0 spiro atoms. The Kier molecular flexibility index (Phi) is 4.37. The largest absolute Gasteiger partial charge is 0.378 e. The Morgan fingerprint density at radius 2 is 1.62 bits per heavy atom. The van der Waals surface area contributed by atoms with Gasteiger partial charge in [-0.2, -0.15) is 0 Å². The van der Waals surface area contributed by atoms with E-state index in [1.165, 1.54) is 0 Å². The van der Waals surface area contributed by atoms with Crippen molar-refractivity contribution in [2.75, 3.05) is 19.0 Å². The zero-order chi connectivity index (χ0) is 15.4. The minimum Gasteiger partial charge on any atom is -0.378 e. The first-order chi connectivity index (χ1) is 9.97. The van der Waals surface area contributed by atoms with Gasteiger partial charge in [0.15, 0.2) is 0 Å². The fourth-order valence-corrected chi connectivity index (χ4v) is 1.99. The van der Waals surface area contributed by atoms with Crippen LogP contribution in [0.2, 0.25) is 0 Å². The average molecular weight is 287 g/mol. The molecule has 6 nitrogen and oxygen atoms in total. The van der Waals surface area contributed by atoms with E-state index >= 15 is 0 Å². The second-order valence-electron chi connectivity index (χ2n) is 4.98. The number of nitrogens with zero attached hydrogens (tertiary/aromatic N) is 1. The van der Waals surface area contributed by atoms with Crippen LogP contribution in [0.1, 0.15) is 12.0 Å². The SMILES string of the molecule is CN(C)c1ccc(/C=C/CC2C(=O)NC(=O)NC2=O)cc1. The van der Waals surface area contributed by atoms with Crippen LogP contribution in [0.5, 0.6) is 0 Å². The fourth-order valence-electron chi connectivity index (χ4n) is 1.99. The molecule has 1 fully saturated rings. The zero-order valence-electron chi connectivity index (χ0n) is 11.9. The molecule has 2 rings (SSSR count). The highest BCUT2D eigenvalue weighted by molar-refractivity contribution is 6.16. The van der Waals surface area contributed by atoms with Crippen LogP contribution in [0, 0.1) is 5.92 Å². The molecule has 0 aliphatic carbocycles. The van der Waals surface area contributed by atoms with Gasteiger partial charge in [0.25, 0.3) is 0 Å². The molecule has 0 radical (unpaired) electrons. The van der Waals surface area contributed by atoms with Gasteiger partial charge in [0.05, 0.1) is 0 Å². The van der Waals surface area contributed by atoms with Crippen LogP contribution < -0.4 is 15.5 Å². The van der Waals surface area contributed by atoms with Gasteiger partial charge in [0.1, 0.15) is 5.92 Å². The van der Waals surface area contributed by atoms with Gasteiger partial charge in [-0.3, -0.25) is 20.2 Å². The van der Waals surface area contributed by atoms with E-state index in [1.54, 1.807) is 6.08 Å². The average Bonchev–Trinajstić information content (AvgIpc) is 2.42. The van der Waals surface area contributed by atoms with Crippen molar-refractivity contribution >= 4 is 29.6 Å². The number of benzene rings is 1. The monoisotopic (exact) mass is 287 g/mol. The Morgan fingerprint density at radius 1 is 1.05 bits per heavy atom. The summed E-state index contributed by atoms with van der Waals surface area (Å²) < 4.78 is 0. The second kappa shape index (κ2) is 6.21. The standard InChI is InChI=1S/C15H17N3O3/c1-18(2)11-8-6-10(7-9-11)4-3-5-12-13(19)16-15(21)17-14(12)20/h3-4,6-9,12H,5H2,1-2H3,(H2,16,17,19,20,21)/b4-3+. The summed E-state index contributed by atoms with van der Waals surface area (Å²) in [6.07, 6.45) is 3.85. The molecule has 1 heterocycles. The minimum atomic E-state index is -0.861. The molecule has 0 saturated carbocycles. The molecule has 0 bridgehead atoms. The summed E-state index contributed by atoms with van der Waals surface area (Å²) in [7, 11) is 3.93. The molecule has 21 heavy (non-hydrogen) atoms. The summed E-state index contributed by atoms with van der Waals surface area (Å²) in [5.41, 5.74) is 2.07. The lowest BCUT2D eigenvalue weighted by atomic mass is 10.0. The first-order valence-corrected chi connectivity index (χ1v) is 6.57. The molecule has 2 N–H and O–H groups in total. The first kappa shape index (κ1) is 14.8. The highest BCUT2D eigenvalue weighted by Crippen LogP contribution is 2.15. The number of hydrogen-bond donors (Lipinski definition) is 2. The lowest BCUT2D eigenvalue weighted by Crippen LogP contribution is -2.55. The zero-order valence-corrected chi connectivity index (χ0v) is 11.9. The van der Waals surface area contributed by atoms with E-state index in [4.69, 9.17) is 0 Å². The van der Waals surface area contributed by atoms with Crippen molar-refractivity contribution in [3.05, 3.63) is 35.9 Å². The number of amides is 4. The highest BCUT2D eigenvalue weighted by Gasteiger charge is 2.32. The molecule has 1 aromatic rings. The molecule has 0 aromatic heterocycles. The molecule has 6 heteroatoms. The number of hydrogen-bond acceptors (Lipinski definition) is 4. The van der Waals surface area contributed by atoms with Gasteiger partial charge in [0.2, 0.25) is 11.8 Å². The highest BCUT2D eigenvalue weighted by atomic mass is 16.2. The molecule has 110 valence electrons. The van der Waals surface area contributed by atoms with Crippen LogP contribution >= 0.6 is 0 Å². The van der Waals surface area contributed by atoms with Crippen molar-refractivity contribution in [3.8, 4) is 0 Å². The van der Waals surface area contributed by atoms with Gasteiger partial charge in [-0.05, 0) is 24.1 Å². The Hall–Kier alpha value is -2.63. The van der Waals surface area contributed by atoms with Crippen molar-refractivity contribution in [1.82, 2.24) is 10.6 Å². The molecule has 0 unspecified atom stereocenters. The number of imide groups is 2. The number of urea groups is 1. The third kappa shape index (κ3) is 3.68. The Balaban J connectivity index is 1.97. The summed E-state index contributed by atoms with van der Waals surface area (Å²) in [5.74, 6) is -1.98. The first-order valence-electron chi connectivity index (χ1n) is 6.57. The van der Waals surface area contributed by atoms with Crippen LogP contribution in [0.25, 0.3) is 6.08 Å².